The Hall–Kier alpha value is -3.33. The Morgan fingerprint density at radius 2 is 1.82 bits per heavy atom. The van der Waals surface area contributed by atoms with E-state index < -0.39 is 0 Å². The highest BCUT2D eigenvalue weighted by Gasteiger charge is 2.22. The standard InChI is InChI=1S/C19H21N7O2/c27-18-2-1-17(15-3-5-20-6-4-15)23-26(18)12-9-24-7-10-25(11-8-24)19(28)16-13-21-22-14-16/h1-6,13-14H,7-12H2,(H,21,22). The van der Waals surface area contributed by atoms with Gasteiger partial charge in [0, 0.05) is 62.9 Å². The number of piperazine rings is 1. The predicted octanol–water partition coefficient (Wildman–Crippen LogP) is 0.486. The van der Waals surface area contributed by atoms with Gasteiger partial charge in [0.1, 0.15) is 0 Å². The van der Waals surface area contributed by atoms with Crippen LogP contribution in [0.5, 0.6) is 0 Å². The van der Waals surface area contributed by atoms with Crippen LogP contribution in [-0.2, 0) is 6.54 Å². The highest BCUT2D eigenvalue weighted by Crippen LogP contribution is 2.13. The Labute approximate surface area is 161 Å². The van der Waals surface area contributed by atoms with Crippen LogP contribution >= 0.6 is 0 Å². The summed E-state index contributed by atoms with van der Waals surface area (Å²) in [5, 5.41) is 11.0. The van der Waals surface area contributed by atoms with Gasteiger partial charge in [-0.25, -0.2) is 4.68 Å². The first-order valence-electron chi connectivity index (χ1n) is 9.20. The highest BCUT2D eigenvalue weighted by molar-refractivity contribution is 5.93. The second-order valence-corrected chi connectivity index (χ2v) is 6.64. The minimum Gasteiger partial charge on any atom is -0.336 e. The van der Waals surface area contributed by atoms with Gasteiger partial charge in [-0.2, -0.15) is 10.2 Å². The van der Waals surface area contributed by atoms with Crippen molar-refractivity contribution in [3.05, 3.63) is 65.0 Å². The van der Waals surface area contributed by atoms with Crippen LogP contribution in [0.15, 0.2) is 53.8 Å². The SMILES string of the molecule is O=C(c1cn[nH]c1)N1CCN(CCn2nc(-c3ccncc3)ccc2=O)CC1. The second kappa shape index (κ2) is 8.13. The number of nitrogens with zero attached hydrogens (tertiary/aromatic N) is 6. The largest absolute Gasteiger partial charge is 0.336 e. The van der Waals surface area contributed by atoms with Crippen LogP contribution in [0, 0.1) is 0 Å². The molecule has 1 fully saturated rings. The number of hydrogen-bond donors (Lipinski definition) is 1. The molecule has 1 aliphatic rings. The summed E-state index contributed by atoms with van der Waals surface area (Å²) in [6.07, 6.45) is 6.57. The quantitative estimate of drug-likeness (QED) is 0.692. The summed E-state index contributed by atoms with van der Waals surface area (Å²) in [5.74, 6) is -0.00339. The van der Waals surface area contributed by atoms with Gasteiger partial charge in [0.2, 0.25) is 0 Å². The lowest BCUT2D eigenvalue weighted by molar-refractivity contribution is 0.0631. The van der Waals surface area contributed by atoms with Crippen molar-refractivity contribution < 1.29 is 4.79 Å². The molecule has 3 aromatic heterocycles. The fourth-order valence-electron chi connectivity index (χ4n) is 3.25. The smallest absolute Gasteiger partial charge is 0.266 e. The molecule has 0 atom stereocenters. The number of rotatable bonds is 5. The van der Waals surface area contributed by atoms with E-state index in [4.69, 9.17) is 0 Å². The zero-order valence-corrected chi connectivity index (χ0v) is 15.4. The Morgan fingerprint density at radius 3 is 2.54 bits per heavy atom. The van der Waals surface area contributed by atoms with E-state index in [0.717, 1.165) is 24.3 Å². The maximum atomic E-state index is 12.4. The minimum absolute atomic E-state index is 0.00339. The molecular formula is C19H21N7O2. The van der Waals surface area contributed by atoms with Gasteiger partial charge in [0.25, 0.3) is 11.5 Å². The van der Waals surface area contributed by atoms with E-state index in [-0.39, 0.29) is 11.5 Å². The van der Waals surface area contributed by atoms with Gasteiger partial charge < -0.3 is 4.90 Å². The molecule has 1 amide bonds. The number of aromatic amines is 1. The highest BCUT2D eigenvalue weighted by atomic mass is 16.2. The molecule has 3 aromatic rings. The van der Waals surface area contributed by atoms with Gasteiger partial charge in [-0.15, -0.1) is 0 Å². The minimum atomic E-state index is -0.119. The van der Waals surface area contributed by atoms with Crippen LogP contribution in [0.4, 0.5) is 0 Å². The van der Waals surface area contributed by atoms with Crippen molar-refractivity contribution in [1.29, 1.82) is 0 Å². The van der Waals surface area contributed by atoms with Crippen LogP contribution in [-0.4, -0.2) is 73.4 Å². The lowest BCUT2D eigenvalue weighted by Crippen LogP contribution is -2.49. The zero-order chi connectivity index (χ0) is 19.3. The van der Waals surface area contributed by atoms with E-state index in [2.05, 4.69) is 25.2 Å². The maximum Gasteiger partial charge on any atom is 0.266 e. The lowest BCUT2D eigenvalue weighted by atomic mass is 10.2. The summed E-state index contributed by atoms with van der Waals surface area (Å²) < 4.78 is 1.50. The molecule has 4 rings (SSSR count). The number of nitrogens with one attached hydrogen (secondary N) is 1. The average Bonchev–Trinajstić information content (AvgIpc) is 3.29. The van der Waals surface area contributed by atoms with E-state index in [1.807, 2.05) is 17.0 Å². The maximum absolute atomic E-state index is 12.4. The number of aromatic nitrogens is 5. The van der Waals surface area contributed by atoms with Crippen molar-refractivity contribution in [3.8, 4) is 11.3 Å². The first kappa shape index (κ1) is 18.1. The van der Waals surface area contributed by atoms with Gasteiger partial charge in [0.15, 0.2) is 0 Å². The normalized spacial score (nSPS) is 14.9. The van der Waals surface area contributed by atoms with Crippen LogP contribution in [0.1, 0.15) is 10.4 Å². The molecule has 0 saturated carbocycles. The summed E-state index contributed by atoms with van der Waals surface area (Å²) in [6, 6.07) is 7.01. The molecule has 144 valence electrons. The fourth-order valence-corrected chi connectivity index (χ4v) is 3.25. The van der Waals surface area contributed by atoms with Gasteiger partial charge in [-0.1, -0.05) is 0 Å². The van der Waals surface area contributed by atoms with Crippen LogP contribution in [0.3, 0.4) is 0 Å². The fraction of sp³-hybridized carbons (Fsp3) is 0.316. The third kappa shape index (κ3) is 3.99. The number of pyridine rings is 1. The first-order chi connectivity index (χ1) is 13.7. The molecule has 0 unspecified atom stereocenters. The third-order valence-electron chi connectivity index (χ3n) is 4.88. The van der Waals surface area contributed by atoms with Crippen molar-refractivity contribution >= 4 is 5.91 Å². The molecule has 0 spiro atoms. The number of H-pyrrole nitrogens is 1. The van der Waals surface area contributed by atoms with Crippen molar-refractivity contribution in [2.45, 2.75) is 6.54 Å². The van der Waals surface area contributed by atoms with Gasteiger partial charge >= 0.3 is 0 Å². The van der Waals surface area contributed by atoms with Crippen LogP contribution in [0.2, 0.25) is 0 Å². The number of carbonyl (C=O) groups is 1. The van der Waals surface area contributed by atoms with E-state index in [9.17, 15) is 9.59 Å². The lowest BCUT2D eigenvalue weighted by Gasteiger charge is -2.34. The Kier molecular flexibility index (Phi) is 5.24. The van der Waals surface area contributed by atoms with E-state index >= 15 is 0 Å². The molecule has 4 heterocycles. The van der Waals surface area contributed by atoms with Gasteiger partial charge in [0.05, 0.1) is 24.0 Å². The summed E-state index contributed by atoms with van der Waals surface area (Å²) in [6.45, 7) is 4.06. The van der Waals surface area contributed by atoms with Crippen molar-refractivity contribution in [2.24, 2.45) is 0 Å². The second-order valence-electron chi connectivity index (χ2n) is 6.64. The first-order valence-corrected chi connectivity index (χ1v) is 9.20. The van der Waals surface area contributed by atoms with E-state index in [0.29, 0.717) is 31.7 Å². The van der Waals surface area contributed by atoms with E-state index in [1.165, 1.54) is 4.68 Å². The summed E-state index contributed by atoms with van der Waals surface area (Å²) in [4.78, 5) is 32.6. The topological polar surface area (TPSA) is 100 Å². The average molecular weight is 379 g/mol. The molecule has 1 aliphatic heterocycles. The number of carbonyl (C=O) groups excluding carboxylic acids is 1. The summed E-state index contributed by atoms with van der Waals surface area (Å²) in [7, 11) is 0. The summed E-state index contributed by atoms with van der Waals surface area (Å²) in [5.41, 5.74) is 2.14. The molecule has 0 aliphatic carbocycles. The van der Waals surface area contributed by atoms with Crippen molar-refractivity contribution in [2.75, 3.05) is 32.7 Å². The van der Waals surface area contributed by atoms with Crippen molar-refractivity contribution in [1.82, 2.24) is 34.8 Å². The molecule has 9 heteroatoms. The van der Waals surface area contributed by atoms with Crippen LogP contribution < -0.4 is 5.56 Å². The van der Waals surface area contributed by atoms with Crippen LogP contribution in [0.25, 0.3) is 11.3 Å². The Balaban J connectivity index is 1.34. The predicted molar refractivity (Wildman–Crippen MR) is 103 cm³/mol. The molecule has 28 heavy (non-hydrogen) atoms. The molecule has 1 saturated heterocycles. The Bertz CT molecular complexity index is 977. The molecule has 9 nitrogen and oxygen atoms in total. The van der Waals surface area contributed by atoms with Crippen molar-refractivity contribution in [3.63, 3.8) is 0 Å². The molecule has 0 bridgehead atoms. The molecule has 0 radical (unpaired) electrons. The van der Waals surface area contributed by atoms with E-state index in [1.54, 1.807) is 36.9 Å². The summed E-state index contributed by atoms with van der Waals surface area (Å²) >= 11 is 0. The number of hydrogen-bond acceptors (Lipinski definition) is 6. The molecule has 0 aromatic carbocycles. The Morgan fingerprint density at radius 1 is 1.04 bits per heavy atom. The van der Waals surface area contributed by atoms with Gasteiger partial charge in [-0.05, 0) is 18.2 Å². The molecule has 1 N–H and O–H groups in total. The van der Waals surface area contributed by atoms with Gasteiger partial charge in [-0.3, -0.25) is 24.6 Å². The monoisotopic (exact) mass is 379 g/mol. The molecular weight excluding hydrogens is 358 g/mol. The number of amides is 1. The zero-order valence-electron chi connectivity index (χ0n) is 15.4. The third-order valence-corrected chi connectivity index (χ3v) is 4.88.